The van der Waals surface area contributed by atoms with E-state index in [2.05, 4.69) is 25.8 Å². The highest BCUT2D eigenvalue weighted by Crippen LogP contribution is 2.36. The van der Waals surface area contributed by atoms with E-state index in [-0.39, 0.29) is 12.6 Å². The van der Waals surface area contributed by atoms with Crippen molar-refractivity contribution in [1.82, 2.24) is 9.55 Å². The molecule has 0 spiro atoms. The highest BCUT2D eigenvalue weighted by atomic mass is 19.4. The molecule has 0 radical (unpaired) electrons. The Hall–Kier alpha value is -2.83. The van der Waals surface area contributed by atoms with Crippen LogP contribution in [0.2, 0.25) is 0 Å². The van der Waals surface area contributed by atoms with Gasteiger partial charge in [0.25, 0.3) is 0 Å². The van der Waals surface area contributed by atoms with Crippen molar-refractivity contribution in [2.75, 3.05) is 0 Å². The number of fused-ring (bicyclic) bond motifs is 1. The van der Waals surface area contributed by atoms with Gasteiger partial charge in [0.15, 0.2) is 0 Å². The van der Waals surface area contributed by atoms with Gasteiger partial charge in [-0.3, -0.25) is 4.79 Å². The summed E-state index contributed by atoms with van der Waals surface area (Å²) in [4.78, 5) is 17.6. The highest BCUT2D eigenvalue weighted by molar-refractivity contribution is 5.83. The molecule has 3 aromatic rings. The van der Waals surface area contributed by atoms with E-state index in [0.717, 1.165) is 31.4 Å². The van der Waals surface area contributed by atoms with Crippen LogP contribution < -0.4 is 0 Å². The van der Waals surface area contributed by atoms with Gasteiger partial charge in [-0.2, -0.15) is 13.2 Å². The number of carbonyl (C=O) groups excluding carboxylic acids is 1. The molecule has 7 heteroatoms. The van der Waals surface area contributed by atoms with Crippen LogP contribution in [0, 0.1) is 17.8 Å². The maximum absolute atomic E-state index is 13.3. The Bertz CT molecular complexity index is 1140. The summed E-state index contributed by atoms with van der Waals surface area (Å²) in [5.74, 6) is 1.14. The second kappa shape index (κ2) is 9.20. The number of hydrogen-bond donors (Lipinski definition) is 0. The number of esters is 1. The number of para-hydroxylation sites is 2. The van der Waals surface area contributed by atoms with E-state index in [1.54, 1.807) is 16.7 Å². The molecule has 0 aliphatic heterocycles. The van der Waals surface area contributed by atoms with E-state index in [1.807, 2.05) is 18.2 Å². The van der Waals surface area contributed by atoms with Crippen molar-refractivity contribution in [3.63, 3.8) is 0 Å². The molecule has 176 valence electrons. The Morgan fingerprint density at radius 2 is 1.91 bits per heavy atom. The van der Waals surface area contributed by atoms with E-state index in [0.29, 0.717) is 40.2 Å². The lowest BCUT2D eigenvalue weighted by molar-refractivity contribution is -0.156. The van der Waals surface area contributed by atoms with Crippen molar-refractivity contribution in [3.8, 4) is 11.4 Å². The lowest BCUT2D eigenvalue weighted by Gasteiger charge is -2.36. The lowest BCUT2D eigenvalue weighted by atomic mass is 9.75. The number of aromatic nitrogens is 2. The average Bonchev–Trinajstić information content (AvgIpc) is 3.11. The van der Waals surface area contributed by atoms with Crippen molar-refractivity contribution in [1.29, 1.82) is 0 Å². The molecule has 4 rings (SSSR count). The minimum absolute atomic E-state index is 0.109. The van der Waals surface area contributed by atoms with E-state index in [9.17, 15) is 18.0 Å². The van der Waals surface area contributed by atoms with Gasteiger partial charge in [0.05, 0.1) is 16.6 Å². The summed E-state index contributed by atoms with van der Waals surface area (Å²) in [6.45, 7) is 6.36. The zero-order chi connectivity index (χ0) is 23.8. The number of hydrogen-bond acceptors (Lipinski definition) is 3. The zero-order valence-corrected chi connectivity index (χ0v) is 19.1. The second-order valence-electron chi connectivity index (χ2n) is 9.44. The monoisotopic (exact) mass is 458 g/mol. The summed E-state index contributed by atoms with van der Waals surface area (Å²) in [7, 11) is 0. The first-order chi connectivity index (χ1) is 15.6. The number of rotatable bonds is 5. The van der Waals surface area contributed by atoms with Gasteiger partial charge in [0.2, 0.25) is 0 Å². The van der Waals surface area contributed by atoms with Crippen LogP contribution in [0.25, 0.3) is 22.4 Å². The van der Waals surface area contributed by atoms with E-state index >= 15 is 0 Å². The number of halogens is 3. The van der Waals surface area contributed by atoms with Crippen molar-refractivity contribution < 1.29 is 22.7 Å². The van der Waals surface area contributed by atoms with Crippen LogP contribution in [0.3, 0.4) is 0 Å². The number of benzene rings is 2. The molecular weight excluding hydrogens is 429 g/mol. The van der Waals surface area contributed by atoms with Crippen molar-refractivity contribution in [3.05, 3.63) is 54.1 Å². The highest BCUT2D eigenvalue weighted by Gasteiger charge is 2.34. The fraction of sp³-hybridized carbons (Fsp3) is 0.462. The van der Waals surface area contributed by atoms with E-state index < -0.39 is 17.7 Å². The van der Waals surface area contributed by atoms with Gasteiger partial charge in [-0.15, -0.1) is 0 Å². The minimum Gasteiger partial charge on any atom is -0.461 e. The molecular formula is C26H29F3N2O2. The molecule has 1 unspecified atom stereocenters. The van der Waals surface area contributed by atoms with Crippen molar-refractivity contribution >= 4 is 17.0 Å². The molecule has 4 nitrogen and oxygen atoms in total. The third-order valence-corrected chi connectivity index (χ3v) is 6.63. The fourth-order valence-corrected chi connectivity index (χ4v) is 4.88. The molecule has 0 N–H and O–H groups in total. The SMILES string of the molecule is CC(C)C1CC[C@@H](C)C[C@H]1OC(=O)Cn1c(-c2cccc(C(F)(F)F)c2)nc2ccccc21. The maximum Gasteiger partial charge on any atom is 0.416 e. The largest absolute Gasteiger partial charge is 0.461 e. The quantitative estimate of drug-likeness (QED) is 0.398. The molecule has 1 aliphatic rings. The Morgan fingerprint density at radius 3 is 2.64 bits per heavy atom. The Morgan fingerprint density at radius 1 is 1.15 bits per heavy atom. The van der Waals surface area contributed by atoms with Gasteiger partial charge < -0.3 is 9.30 Å². The molecule has 1 aliphatic carbocycles. The first-order valence-electron chi connectivity index (χ1n) is 11.5. The Balaban J connectivity index is 1.66. The topological polar surface area (TPSA) is 44.1 Å². The number of alkyl halides is 3. The smallest absolute Gasteiger partial charge is 0.416 e. The zero-order valence-electron chi connectivity index (χ0n) is 19.1. The molecule has 0 bridgehead atoms. The number of imidazole rings is 1. The van der Waals surface area contributed by atoms with Crippen LogP contribution in [0.4, 0.5) is 13.2 Å². The van der Waals surface area contributed by atoms with Crippen LogP contribution in [-0.2, 0) is 22.3 Å². The van der Waals surface area contributed by atoms with Crippen LogP contribution in [0.5, 0.6) is 0 Å². The maximum atomic E-state index is 13.3. The van der Waals surface area contributed by atoms with Gasteiger partial charge in [0.1, 0.15) is 18.5 Å². The molecule has 2 aromatic carbocycles. The molecule has 1 fully saturated rings. The first-order valence-corrected chi connectivity index (χ1v) is 11.5. The standard InChI is InChI=1S/C26H29F3N2O2/c1-16(2)20-12-11-17(3)13-23(20)33-24(32)15-31-22-10-5-4-9-21(22)30-25(31)18-7-6-8-19(14-18)26(27,28)29/h4-10,14,16-17,20,23H,11-13,15H2,1-3H3/t17-,20?,23-/m1/s1. The van der Waals surface area contributed by atoms with Gasteiger partial charge in [-0.05, 0) is 54.9 Å². The summed E-state index contributed by atoms with van der Waals surface area (Å²) in [6.07, 6.45) is -1.62. The third-order valence-electron chi connectivity index (χ3n) is 6.63. The molecule has 0 amide bonds. The van der Waals surface area contributed by atoms with Crippen molar-refractivity contribution in [2.24, 2.45) is 17.8 Å². The van der Waals surface area contributed by atoms with Gasteiger partial charge in [-0.1, -0.05) is 51.5 Å². The number of nitrogens with zero attached hydrogens (tertiary/aromatic N) is 2. The normalized spacial score (nSPS) is 21.5. The van der Waals surface area contributed by atoms with Gasteiger partial charge in [0, 0.05) is 5.56 Å². The number of carbonyl (C=O) groups is 1. The lowest BCUT2D eigenvalue weighted by Crippen LogP contribution is -2.36. The van der Waals surface area contributed by atoms with Crippen LogP contribution >= 0.6 is 0 Å². The molecule has 1 heterocycles. The average molecular weight is 459 g/mol. The Kier molecular flexibility index (Phi) is 6.50. The molecule has 0 saturated heterocycles. The second-order valence-corrected chi connectivity index (χ2v) is 9.44. The molecule has 3 atom stereocenters. The summed E-state index contributed by atoms with van der Waals surface area (Å²) in [5.41, 5.74) is 0.848. The number of ether oxygens (including phenoxy) is 1. The van der Waals surface area contributed by atoms with Crippen LogP contribution in [0.15, 0.2) is 48.5 Å². The molecule has 33 heavy (non-hydrogen) atoms. The van der Waals surface area contributed by atoms with E-state index in [1.165, 1.54) is 6.07 Å². The summed E-state index contributed by atoms with van der Waals surface area (Å²) >= 11 is 0. The Labute approximate surface area is 191 Å². The van der Waals surface area contributed by atoms with Gasteiger partial charge in [-0.25, -0.2) is 4.98 Å². The third kappa shape index (κ3) is 5.07. The van der Waals surface area contributed by atoms with E-state index in [4.69, 9.17) is 4.74 Å². The fourth-order valence-electron chi connectivity index (χ4n) is 4.88. The summed E-state index contributed by atoms with van der Waals surface area (Å²) < 4.78 is 47.5. The van der Waals surface area contributed by atoms with Crippen LogP contribution in [-0.4, -0.2) is 21.6 Å². The predicted molar refractivity (Wildman–Crippen MR) is 121 cm³/mol. The molecule has 1 aromatic heterocycles. The summed E-state index contributed by atoms with van der Waals surface area (Å²) in [6, 6.07) is 12.3. The van der Waals surface area contributed by atoms with Gasteiger partial charge >= 0.3 is 12.1 Å². The molecule has 1 saturated carbocycles. The van der Waals surface area contributed by atoms with Crippen molar-refractivity contribution in [2.45, 2.75) is 58.9 Å². The minimum atomic E-state index is -4.46. The first kappa shape index (κ1) is 23.3. The predicted octanol–water partition coefficient (Wildman–Crippen LogP) is 6.73. The van der Waals surface area contributed by atoms with Crippen LogP contribution in [0.1, 0.15) is 45.6 Å². The summed E-state index contributed by atoms with van der Waals surface area (Å²) in [5, 5.41) is 0.